The maximum absolute atomic E-state index is 11.4. The van der Waals surface area contributed by atoms with Crippen molar-refractivity contribution in [2.45, 2.75) is 6.92 Å². The molecule has 0 aliphatic carbocycles. The maximum atomic E-state index is 11.4. The van der Waals surface area contributed by atoms with Crippen LogP contribution in [0.15, 0.2) is 30.4 Å². The lowest BCUT2D eigenvalue weighted by atomic mass is 10.3. The molecule has 2 aromatic rings. The Balaban J connectivity index is 2.16. The highest BCUT2D eigenvalue weighted by Crippen LogP contribution is 2.24. The fraction of sp³-hybridized carbons (Fsp3) is 0.0833. The molecule has 0 saturated heterocycles. The number of amides is 1. The number of aryl methyl sites for hydroxylation is 1. The molecule has 1 heterocycles. The number of carbonyl (C=O) groups is 2. The van der Waals surface area contributed by atoms with Gasteiger partial charge in [-0.25, -0.2) is 4.98 Å². The number of hydrogen-bond acceptors (Lipinski definition) is 5. The van der Waals surface area contributed by atoms with E-state index in [1.54, 1.807) is 23.5 Å². The van der Waals surface area contributed by atoms with Crippen molar-refractivity contribution in [3.63, 3.8) is 0 Å². The van der Waals surface area contributed by atoms with Gasteiger partial charge in [0.15, 0.2) is 0 Å². The molecule has 92 valence electrons. The topological polar surface area (TPSA) is 82.1 Å². The van der Waals surface area contributed by atoms with Crippen molar-refractivity contribution < 1.29 is 14.7 Å². The minimum atomic E-state index is -1.41. The van der Waals surface area contributed by atoms with Crippen molar-refractivity contribution >= 4 is 39.1 Å². The SMILES string of the molecule is Cc1nc2cc(NC(=O)/C=C/C(=O)[O-])ccc2s1. The van der Waals surface area contributed by atoms with Gasteiger partial charge >= 0.3 is 0 Å². The summed E-state index contributed by atoms with van der Waals surface area (Å²) in [5.74, 6) is -1.93. The van der Waals surface area contributed by atoms with Gasteiger partial charge in [-0.3, -0.25) is 4.79 Å². The van der Waals surface area contributed by atoms with Gasteiger partial charge in [0, 0.05) is 11.8 Å². The molecule has 1 aromatic carbocycles. The van der Waals surface area contributed by atoms with Crippen LogP contribution in [-0.4, -0.2) is 16.9 Å². The fourth-order valence-electron chi connectivity index (χ4n) is 1.45. The normalized spacial score (nSPS) is 10.9. The summed E-state index contributed by atoms with van der Waals surface area (Å²) in [6, 6.07) is 5.34. The van der Waals surface area contributed by atoms with Crippen LogP contribution in [0.25, 0.3) is 10.2 Å². The molecule has 1 N–H and O–H groups in total. The van der Waals surface area contributed by atoms with Gasteiger partial charge in [0.1, 0.15) is 0 Å². The van der Waals surface area contributed by atoms with Crippen LogP contribution in [0.2, 0.25) is 0 Å². The number of anilines is 1. The Bertz CT molecular complexity index is 646. The minimum absolute atomic E-state index is 0.523. The van der Waals surface area contributed by atoms with Gasteiger partial charge in [0.25, 0.3) is 0 Å². The van der Waals surface area contributed by atoms with E-state index in [1.807, 2.05) is 13.0 Å². The molecule has 5 nitrogen and oxygen atoms in total. The molecule has 2 rings (SSSR count). The molecule has 0 saturated carbocycles. The van der Waals surface area contributed by atoms with Crippen LogP contribution in [0.5, 0.6) is 0 Å². The molecule has 0 spiro atoms. The Kier molecular flexibility index (Phi) is 3.38. The second kappa shape index (κ2) is 4.97. The summed E-state index contributed by atoms with van der Waals surface area (Å²) in [5.41, 5.74) is 1.37. The first-order valence-corrected chi connectivity index (χ1v) is 5.93. The third-order valence-electron chi connectivity index (χ3n) is 2.13. The van der Waals surface area contributed by atoms with E-state index in [4.69, 9.17) is 0 Å². The molecule has 1 aromatic heterocycles. The van der Waals surface area contributed by atoms with Crippen molar-refractivity contribution in [3.8, 4) is 0 Å². The summed E-state index contributed by atoms with van der Waals surface area (Å²) in [6.07, 6.45) is 1.59. The molecule has 0 aliphatic rings. The monoisotopic (exact) mass is 261 g/mol. The maximum Gasteiger partial charge on any atom is 0.248 e. The van der Waals surface area contributed by atoms with Crippen LogP contribution in [0, 0.1) is 6.92 Å². The standard InChI is InChI=1S/C12H10N2O3S/c1-7-13-9-6-8(2-3-10(9)18-7)14-11(15)4-5-12(16)17/h2-6H,1H3,(H,14,15)(H,16,17)/p-1/b5-4+. The third kappa shape index (κ3) is 2.92. The van der Waals surface area contributed by atoms with Gasteiger partial charge in [0.2, 0.25) is 5.91 Å². The molecule has 0 radical (unpaired) electrons. The molecule has 0 aliphatic heterocycles. The second-order valence-electron chi connectivity index (χ2n) is 3.56. The first-order chi connectivity index (χ1) is 8.54. The molecule has 18 heavy (non-hydrogen) atoms. The van der Waals surface area contributed by atoms with E-state index in [-0.39, 0.29) is 0 Å². The Hall–Kier alpha value is -2.21. The number of nitrogens with one attached hydrogen (secondary N) is 1. The van der Waals surface area contributed by atoms with E-state index in [1.165, 1.54) is 0 Å². The highest BCUT2D eigenvalue weighted by Gasteiger charge is 2.03. The van der Waals surface area contributed by atoms with Crippen LogP contribution >= 0.6 is 11.3 Å². The molecular formula is C12H9N2O3S-. The predicted molar refractivity (Wildman–Crippen MR) is 67.1 cm³/mol. The number of carboxylic acid groups (broad SMARTS) is 1. The number of fused-ring (bicyclic) bond motifs is 1. The number of carboxylic acids is 1. The number of rotatable bonds is 3. The fourth-order valence-corrected chi connectivity index (χ4v) is 2.26. The summed E-state index contributed by atoms with van der Waals surface area (Å²) in [7, 11) is 0. The molecule has 0 bridgehead atoms. The van der Waals surface area contributed by atoms with E-state index < -0.39 is 11.9 Å². The average Bonchev–Trinajstić information content (AvgIpc) is 2.66. The molecular weight excluding hydrogens is 252 g/mol. The molecule has 1 amide bonds. The number of thiazole rings is 1. The van der Waals surface area contributed by atoms with Crippen LogP contribution in [-0.2, 0) is 9.59 Å². The van der Waals surface area contributed by atoms with Gasteiger partial charge in [-0.15, -0.1) is 11.3 Å². The van der Waals surface area contributed by atoms with Crippen LogP contribution < -0.4 is 10.4 Å². The Morgan fingerprint density at radius 2 is 2.17 bits per heavy atom. The van der Waals surface area contributed by atoms with E-state index in [0.717, 1.165) is 21.3 Å². The van der Waals surface area contributed by atoms with Crippen molar-refractivity contribution in [1.29, 1.82) is 0 Å². The highest BCUT2D eigenvalue weighted by atomic mass is 32.1. The highest BCUT2D eigenvalue weighted by molar-refractivity contribution is 7.18. The zero-order chi connectivity index (χ0) is 13.1. The van der Waals surface area contributed by atoms with Gasteiger partial charge < -0.3 is 15.2 Å². The summed E-state index contributed by atoms with van der Waals surface area (Å²) in [5, 5.41) is 13.6. The van der Waals surface area contributed by atoms with Gasteiger partial charge in [0.05, 0.1) is 21.2 Å². The average molecular weight is 261 g/mol. The zero-order valence-electron chi connectivity index (χ0n) is 9.47. The van der Waals surface area contributed by atoms with E-state index in [0.29, 0.717) is 11.8 Å². The van der Waals surface area contributed by atoms with Crippen molar-refractivity contribution in [2.24, 2.45) is 0 Å². The summed E-state index contributed by atoms with van der Waals surface area (Å²) in [4.78, 5) is 25.8. The van der Waals surface area contributed by atoms with Gasteiger partial charge in [-0.05, 0) is 31.2 Å². The lowest BCUT2D eigenvalue weighted by Crippen LogP contribution is -2.20. The number of aliphatic carboxylic acids is 1. The summed E-state index contributed by atoms with van der Waals surface area (Å²) >= 11 is 1.57. The minimum Gasteiger partial charge on any atom is -0.545 e. The third-order valence-corrected chi connectivity index (χ3v) is 3.08. The smallest absolute Gasteiger partial charge is 0.248 e. The number of hydrogen-bond donors (Lipinski definition) is 1. The first kappa shape index (κ1) is 12.3. The lowest BCUT2D eigenvalue weighted by Gasteiger charge is -2.01. The second-order valence-corrected chi connectivity index (χ2v) is 4.79. The quantitative estimate of drug-likeness (QED) is 0.830. The van der Waals surface area contributed by atoms with Gasteiger partial charge in [-0.2, -0.15) is 0 Å². The van der Waals surface area contributed by atoms with E-state index in [2.05, 4.69) is 10.3 Å². The van der Waals surface area contributed by atoms with Crippen molar-refractivity contribution in [1.82, 2.24) is 4.98 Å². The van der Waals surface area contributed by atoms with E-state index in [9.17, 15) is 14.7 Å². The predicted octanol–water partition coefficient (Wildman–Crippen LogP) is 0.849. The van der Waals surface area contributed by atoms with Gasteiger partial charge in [-0.1, -0.05) is 0 Å². The zero-order valence-corrected chi connectivity index (χ0v) is 10.3. The molecule has 0 unspecified atom stereocenters. The Morgan fingerprint density at radius 3 is 2.89 bits per heavy atom. The Morgan fingerprint density at radius 1 is 1.39 bits per heavy atom. The van der Waals surface area contributed by atoms with Crippen LogP contribution in [0.3, 0.4) is 0 Å². The number of nitrogens with zero attached hydrogens (tertiary/aromatic N) is 1. The summed E-state index contributed by atoms with van der Waals surface area (Å²) < 4.78 is 1.04. The molecule has 0 fully saturated rings. The number of aromatic nitrogens is 1. The lowest BCUT2D eigenvalue weighted by molar-refractivity contribution is -0.297. The summed E-state index contributed by atoms with van der Waals surface area (Å²) in [6.45, 7) is 1.91. The number of benzene rings is 1. The Labute approximate surface area is 107 Å². The molecule has 0 atom stereocenters. The first-order valence-electron chi connectivity index (χ1n) is 5.12. The number of carbonyl (C=O) groups excluding carboxylic acids is 2. The van der Waals surface area contributed by atoms with Crippen LogP contribution in [0.1, 0.15) is 5.01 Å². The van der Waals surface area contributed by atoms with Crippen molar-refractivity contribution in [2.75, 3.05) is 5.32 Å². The van der Waals surface area contributed by atoms with Crippen LogP contribution in [0.4, 0.5) is 5.69 Å². The van der Waals surface area contributed by atoms with E-state index >= 15 is 0 Å². The van der Waals surface area contributed by atoms with Crippen molar-refractivity contribution in [3.05, 3.63) is 35.4 Å². The molecule has 6 heteroatoms. The largest absolute Gasteiger partial charge is 0.545 e.